The van der Waals surface area contributed by atoms with Gasteiger partial charge in [-0.15, -0.1) is 13.2 Å². The Balaban J connectivity index is 1.93. The van der Waals surface area contributed by atoms with Gasteiger partial charge in [0.15, 0.2) is 0 Å². The molecule has 1 aromatic heterocycles. The predicted octanol–water partition coefficient (Wildman–Crippen LogP) is 4.49. The van der Waals surface area contributed by atoms with Gasteiger partial charge in [0.05, 0.1) is 22.2 Å². The van der Waals surface area contributed by atoms with Crippen molar-refractivity contribution in [1.82, 2.24) is 4.98 Å². The number of nitrogens with zero attached hydrogens (tertiary/aromatic N) is 2. The van der Waals surface area contributed by atoms with Crippen molar-refractivity contribution in [2.45, 2.75) is 48.4 Å². The fourth-order valence-electron chi connectivity index (χ4n) is 4.05. The molecule has 1 atom stereocenters. The minimum atomic E-state index is -4.90. The molecule has 1 fully saturated rings. The third kappa shape index (κ3) is 4.91. The van der Waals surface area contributed by atoms with Crippen LogP contribution in [0.5, 0.6) is 5.75 Å². The number of alkyl halides is 3. The summed E-state index contributed by atoms with van der Waals surface area (Å²) in [5.74, 6) is -0.475. The summed E-state index contributed by atoms with van der Waals surface area (Å²) < 4.78 is 69.7. The highest BCUT2D eigenvalue weighted by atomic mass is 32.2. The van der Waals surface area contributed by atoms with Gasteiger partial charge in [-0.1, -0.05) is 19.1 Å². The van der Waals surface area contributed by atoms with Crippen molar-refractivity contribution in [1.29, 1.82) is 0 Å². The number of ether oxygens (including phenoxy) is 1. The number of anilines is 1. The fourth-order valence-corrected chi connectivity index (χ4v) is 5.48. The predicted molar refractivity (Wildman–Crippen MR) is 117 cm³/mol. The lowest BCUT2D eigenvalue weighted by atomic mass is 10.1. The number of halogens is 3. The van der Waals surface area contributed by atoms with E-state index in [2.05, 4.69) is 9.72 Å². The largest absolute Gasteiger partial charge is 0.573 e. The van der Waals surface area contributed by atoms with Crippen molar-refractivity contribution in [3.63, 3.8) is 0 Å². The number of rotatable bonds is 5. The first-order valence-corrected chi connectivity index (χ1v) is 12.0. The Morgan fingerprint density at radius 2 is 1.91 bits per heavy atom. The van der Waals surface area contributed by atoms with E-state index >= 15 is 0 Å². The summed E-state index contributed by atoms with van der Waals surface area (Å²) >= 11 is 0. The molecule has 2 aromatic carbocycles. The highest BCUT2D eigenvalue weighted by Crippen LogP contribution is 2.39. The Labute approximate surface area is 189 Å². The third-order valence-electron chi connectivity index (χ3n) is 5.66. The third-order valence-corrected chi connectivity index (χ3v) is 7.43. The minimum Gasteiger partial charge on any atom is -0.406 e. The van der Waals surface area contributed by atoms with Crippen molar-refractivity contribution in [2.75, 3.05) is 18.0 Å². The minimum absolute atomic E-state index is 0.0577. The number of aliphatic hydroxyl groups excluding tert-OH is 1. The first-order valence-electron chi connectivity index (χ1n) is 10.5. The molecule has 0 radical (unpaired) electrons. The van der Waals surface area contributed by atoms with Gasteiger partial charge < -0.3 is 14.7 Å². The molecule has 1 unspecified atom stereocenters. The number of aryl methyl sites for hydroxylation is 1. The van der Waals surface area contributed by atoms with Crippen LogP contribution in [0.25, 0.3) is 10.9 Å². The number of sulfone groups is 1. The number of hydrogen-bond donors (Lipinski definition) is 1. The lowest BCUT2D eigenvalue weighted by Gasteiger charge is -2.34. The average molecular weight is 481 g/mol. The standard InChI is InChI=1S/C23H23F3N2O4S/c1-2-15-5-8-18(9-6-15)33(30,31)21-13-27-20-10-7-17(32-23(24,25)26)12-19(20)22(21)28-11-3-4-16(29)14-28/h5-10,12-13,16,29H,2-4,11,14H2,1H3. The van der Waals surface area contributed by atoms with Gasteiger partial charge in [0, 0.05) is 24.7 Å². The second kappa shape index (κ2) is 8.83. The second-order valence-electron chi connectivity index (χ2n) is 7.94. The first kappa shape index (κ1) is 23.3. The highest BCUT2D eigenvalue weighted by molar-refractivity contribution is 7.91. The van der Waals surface area contributed by atoms with Crippen LogP contribution < -0.4 is 9.64 Å². The molecule has 0 bridgehead atoms. The number of piperidine rings is 1. The summed E-state index contributed by atoms with van der Waals surface area (Å²) in [4.78, 5) is 5.84. The van der Waals surface area contributed by atoms with E-state index in [0.29, 0.717) is 24.9 Å². The zero-order valence-corrected chi connectivity index (χ0v) is 18.7. The van der Waals surface area contributed by atoms with Crippen molar-refractivity contribution < 1.29 is 31.4 Å². The van der Waals surface area contributed by atoms with Crippen LogP contribution in [0.4, 0.5) is 18.9 Å². The molecule has 10 heteroatoms. The van der Waals surface area contributed by atoms with Crippen molar-refractivity contribution in [2.24, 2.45) is 0 Å². The number of fused-ring (bicyclic) bond motifs is 1. The summed E-state index contributed by atoms with van der Waals surface area (Å²) in [5.41, 5.74) is 1.50. The molecule has 0 saturated carbocycles. The molecule has 1 N–H and O–H groups in total. The molecular weight excluding hydrogens is 457 g/mol. The van der Waals surface area contributed by atoms with Crippen molar-refractivity contribution in [3.05, 3.63) is 54.2 Å². The van der Waals surface area contributed by atoms with Crippen LogP contribution in [0.15, 0.2) is 58.5 Å². The summed E-state index contributed by atoms with van der Waals surface area (Å²) in [5, 5.41) is 10.4. The molecule has 4 rings (SSSR count). The molecule has 1 saturated heterocycles. The van der Waals surface area contributed by atoms with Gasteiger partial charge in [0.2, 0.25) is 9.84 Å². The van der Waals surface area contributed by atoms with E-state index in [1.54, 1.807) is 17.0 Å². The maximum absolute atomic E-state index is 13.6. The van der Waals surface area contributed by atoms with Crippen LogP contribution in [0.3, 0.4) is 0 Å². The quantitative estimate of drug-likeness (QED) is 0.580. The van der Waals surface area contributed by atoms with Crippen LogP contribution in [0, 0.1) is 0 Å². The monoisotopic (exact) mass is 480 g/mol. The summed E-state index contributed by atoms with van der Waals surface area (Å²) in [7, 11) is -4.05. The number of aliphatic hydroxyl groups is 1. The number of benzene rings is 2. The van der Waals surface area contributed by atoms with Crippen LogP contribution in [-0.2, 0) is 16.3 Å². The van der Waals surface area contributed by atoms with Crippen LogP contribution >= 0.6 is 0 Å². The molecule has 176 valence electrons. The van der Waals surface area contributed by atoms with Crippen LogP contribution in [0.2, 0.25) is 0 Å². The van der Waals surface area contributed by atoms with E-state index < -0.39 is 28.1 Å². The molecule has 2 heterocycles. The van der Waals surface area contributed by atoms with Gasteiger partial charge >= 0.3 is 6.36 Å². The Hall–Kier alpha value is -2.85. The van der Waals surface area contributed by atoms with Crippen LogP contribution in [-0.4, -0.2) is 44.1 Å². The normalized spacial score (nSPS) is 17.4. The molecule has 0 amide bonds. The molecule has 0 aliphatic carbocycles. The lowest BCUT2D eigenvalue weighted by Crippen LogP contribution is -2.39. The van der Waals surface area contributed by atoms with Gasteiger partial charge in [-0.2, -0.15) is 0 Å². The molecule has 0 spiro atoms. The molecule has 1 aliphatic heterocycles. The summed E-state index contributed by atoms with van der Waals surface area (Å²) in [6.45, 7) is 2.55. The SMILES string of the molecule is CCc1ccc(S(=O)(=O)c2cnc3ccc(OC(F)(F)F)cc3c2N2CCCC(O)C2)cc1. The summed E-state index contributed by atoms with van der Waals surface area (Å²) in [6.07, 6.45) is -2.44. The summed E-state index contributed by atoms with van der Waals surface area (Å²) in [6, 6.07) is 10.1. The van der Waals surface area contributed by atoms with Gasteiger partial charge in [-0.3, -0.25) is 4.98 Å². The van der Waals surface area contributed by atoms with E-state index in [0.717, 1.165) is 24.1 Å². The number of β-amino-alcohol motifs (C(OH)–C–C–N with tert-alkyl or cyclic N) is 1. The zero-order chi connectivity index (χ0) is 23.8. The van der Waals surface area contributed by atoms with Gasteiger partial charge in [0.25, 0.3) is 0 Å². The average Bonchev–Trinajstić information content (AvgIpc) is 2.77. The topological polar surface area (TPSA) is 79.7 Å². The van der Waals surface area contributed by atoms with Gasteiger partial charge in [-0.25, -0.2) is 8.42 Å². The van der Waals surface area contributed by atoms with Crippen molar-refractivity contribution in [3.8, 4) is 5.75 Å². The van der Waals surface area contributed by atoms with Crippen molar-refractivity contribution >= 4 is 26.4 Å². The van der Waals surface area contributed by atoms with E-state index in [-0.39, 0.29) is 27.4 Å². The Kier molecular flexibility index (Phi) is 6.24. The maximum atomic E-state index is 13.6. The molecule has 6 nitrogen and oxygen atoms in total. The van der Waals surface area contributed by atoms with E-state index in [9.17, 15) is 26.7 Å². The molecular formula is C23H23F3N2O4S. The molecule has 33 heavy (non-hydrogen) atoms. The number of pyridine rings is 1. The molecule has 1 aliphatic rings. The first-order chi connectivity index (χ1) is 15.6. The van der Waals surface area contributed by atoms with Gasteiger partial charge in [-0.05, 0) is 55.2 Å². The van der Waals surface area contributed by atoms with E-state index in [1.165, 1.54) is 24.4 Å². The Morgan fingerprint density at radius 1 is 1.18 bits per heavy atom. The molecule has 3 aromatic rings. The fraction of sp³-hybridized carbons (Fsp3) is 0.348. The van der Waals surface area contributed by atoms with E-state index in [4.69, 9.17) is 0 Å². The smallest absolute Gasteiger partial charge is 0.406 e. The Bertz CT molecular complexity index is 1260. The van der Waals surface area contributed by atoms with Crippen LogP contribution in [0.1, 0.15) is 25.3 Å². The Morgan fingerprint density at radius 3 is 2.55 bits per heavy atom. The van der Waals surface area contributed by atoms with E-state index in [1.807, 2.05) is 6.92 Å². The zero-order valence-electron chi connectivity index (χ0n) is 17.8. The van der Waals surface area contributed by atoms with Gasteiger partial charge in [0.1, 0.15) is 10.6 Å². The number of aromatic nitrogens is 1. The second-order valence-corrected chi connectivity index (χ2v) is 9.86. The number of hydrogen-bond acceptors (Lipinski definition) is 6. The highest BCUT2D eigenvalue weighted by Gasteiger charge is 2.33. The lowest BCUT2D eigenvalue weighted by molar-refractivity contribution is -0.274. The maximum Gasteiger partial charge on any atom is 0.573 e.